The number of aliphatic hydroxyl groups excluding tert-OH is 1. The van der Waals surface area contributed by atoms with Crippen LogP contribution in [0.4, 0.5) is 0 Å². The van der Waals surface area contributed by atoms with E-state index in [0.717, 1.165) is 16.7 Å². The Hall–Kier alpha value is -1.65. The van der Waals surface area contributed by atoms with Gasteiger partial charge >= 0.3 is 0 Å². The summed E-state index contributed by atoms with van der Waals surface area (Å²) in [7, 11) is 0. The Kier molecular flexibility index (Phi) is 3.34. The Morgan fingerprint density at radius 3 is 3.06 bits per heavy atom. The zero-order valence-corrected chi connectivity index (χ0v) is 8.84. The first kappa shape index (κ1) is 10.9. The molecule has 0 aliphatic rings. The molecule has 0 radical (unpaired) electrons. The third kappa shape index (κ3) is 2.48. The fraction of sp³-hybridized carbons (Fsp3) is 0.250. The van der Waals surface area contributed by atoms with Crippen LogP contribution in [0.3, 0.4) is 0 Å². The second-order valence-electron chi connectivity index (χ2n) is 3.61. The number of aromatic nitrogens is 1. The lowest BCUT2D eigenvalue weighted by molar-refractivity contribution is 0.207. The highest BCUT2D eigenvalue weighted by atomic mass is 16.5. The first-order valence-electron chi connectivity index (χ1n) is 5.13. The SMILES string of the molecule is NC(CO)COc1ccc2ncccc2c1. The standard InChI is InChI=1S/C12H14N2O2/c13-10(7-15)8-16-11-3-4-12-9(6-11)2-1-5-14-12/h1-6,10,15H,7-8,13H2. The molecule has 0 aliphatic heterocycles. The van der Waals surface area contributed by atoms with Gasteiger partial charge in [-0.15, -0.1) is 0 Å². The second-order valence-corrected chi connectivity index (χ2v) is 3.61. The van der Waals surface area contributed by atoms with E-state index in [9.17, 15) is 0 Å². The molecule has 0 saturated carbocycles. The minimum atomic E-state index is -0.343. The number of rotatable bonds is 4. The van der Waals surface area contributed by atoms with Gasteiger partial charge in [0.05, 0.1) is 18.2 Å². The van der Waals surface area contributed by atoms with Crippen LogP contribution in [0.5, 0.6) is 5.75 Å². The van der Waals surface area contributed by atoms with Crippen molar-refractivity contribution in [3.05, 3.63) is 36.5 Å². The van der Waals surface area contributed by atoms with Crippen molar-refractivity contribution >= 4 is 10.9 Å². The van der Waals surface area contributed by atoms with E-state index >= 15 is 0 Å². The van der Waals surface area contributed by atoms with Gasteiger partial charge in [0.1, 0.15) is 12.4 Å². The van der Waals surface area contributed by atoms with Crippen LogP contribution in [0.25, 0.3) is 10.9 Å². The average molecular weight is 218 g/mol. The molecule has 1 heterocycles. The Balaban J connectivity index is 2.13. The van der Waals surface area contributed by atoms with Crippen molar-refractivity contribution in [1.29, 1.82) is 0 Å². The molecule has 0 bridgehead atoms. The molecule has 0 spiro atoms. The van der Waals surface area contributed by atoms with Crippen LogP contribution in [0.2, 0.25) is 0 Å². The first-order chi connectivity index (χ1) is 7.79. The monoisotopic (exact) mass is 218 g/mol. The molecule has 1 aromatic heterocycles. The molecule has 0 saturated heterocycles. The van der Waals surface area contributed by atoms with E-state index < -0.39 is 0 Å². The number of benzene rings is 1. The molecule has 4 heteroatoms. The molecule has 3 N–H and O–H groups in total. The number of pyridine rings is 1. The van der Waals surface area contributed by atoms with Crippen molar-refractivity contribution in [1.82, 2.24) is 4.98 Å². The van der Waals surface area contributed by atoms with Gasteiger partial charge in [-0.3, -0.25) is 4.98 Å². The van der Waals surface area contributed by atoms with E-state index in [2.05, 4.69) is 4.98 Å². The van der Waals surface area contributed by atoms with Crippen molar-refractivity contribution in [2.45, 2.75) is 6.04 Å². The molecule has 1 aromatic carbocycles. The van der Waals surface area contributed by atoms with Crippen molar-refractivity contribution in [3.63, 3.8) is 0 Å². The van der Waals surface area contributed by atoms with E-state index in [1.807, 2.05) is 30.3 Å². The molecule has 1 unspecified atom stereocenters. The maximum atomic E-state index is 8.77. The van der Waals surface area contributed by atoms with E-state index in [0.29, 0.717) is 6.61 Å². The van der Waals surface area contributed by atoms with Gasteiger partial charge in [-0.05, 0) is 24.3 Å². The van der Waals surface area contributed by atoms with E-state index in [-0.39, 0.29) is 12.6 Å². The topological polar surface area (TPSA) is 68.4 Å². The predicted molar refractivity (Wildman–Crippen MR) is 62.3 cm³/mol. The summed E-state index contributed by atoms with van der Waals surface area (Å²) in [4.78, 5) is 4.21. The number of ether oxygens (including phenoxy) is 1. The van der Waals surface area contributed by atoms with Crippen LogP contribution >= 0.6 is 0 Å². The zero-order valence-electron chi connectivity index (χ0n) is 8.84. The van der Waals surface area contributed by atoms with Gasteiger partial charge in [0, 0.05) is 11.6 Å². The van der Waals surface area contributed by atoms with Crippen molar-refractivity contribution < 1.29 is 9.84 Å². The Labute approximate surface area is 93.7 Å². The summed E-state index contributed by atoms with van der Waals surface area (Å²) in [5.74, 6) is 0.740. The minimum Gasteiger partial charge on any atom is -0.492 e. The molecule has 0 aliphatic carbocycles. The molecule has 1 atom stereocenters. The zero-order chi connectivity index (χ0) is 11.4. The number of nitrogens with two attached hydrogens (primary N) is 1. The quantitative estimate of drug-likeness (QED) is 0.801. The highest BCUT2D eigenvalue weighted by Crippen LogP contribution is 2.18. The Bertz CT molecular complexity index is 473. The summed E-state index contributed by atoms with van der Waals surface area (Å²) < 4.78 is 5.45. The summed E-state index contributed by atoms with van der Waals surface area (Å²) in [5, 5.41) is 9.80. The van der Waals surface area contributed by atoms with E-state index in [1.54, 1.807) is 6.20 Å². The molecule has 0 amide bonds. The van der Waals surface area contributed by atoms with E-state index in [1.165, 1.54) is 0 Å². The number of aliphatic hydroxyl groups is 1. The minimum absolute atomic E-state index is 0.0743. The molecule has 2 aromatic rings. The van der Waals surface area contributed by atoms with E-state index in [4.69, 9.17) is 15.6 Å². The Morgan fingerprint density at radius 2 is 2.25 bits per heavy atom. The van der Waals surface area contributed by atoms with Gasteiger partial charge in [0.25, 0.3) is 0 Å². The van der Waals surface area contributed by atoms with Gasteiger partial charge in [-0.25, -0.2) is 0 Å². The maximum absolute atomic E-state index is 8.77. The summed E-state index contributed by atoms with van der Waals surface area (Å²) in [5.41, 5.74) is 6.48. The van der Waals surface area contributed by atoms with Crippen LogP contribution in [0.15, 0.2) is 36.5 Å². The first-order valence-corrected chi connectivity index (χ1v) is 5.13. The van der Waals surface area contributed by atoms with Crippen molar-refractivity contribution in [2.75, 3.05) is 13.2 Å². The highest BCUT2D eigenvalue weighted by molar-refractivity contribution is 5.79. The summed E-state index contributed by atoms with van der Waals surface area (Å²) in [6, 6.07) is 9.16. The summed E-state index contributed by atoms with van der Waals surface area (Å²) >= 11 is 0. The van der Waals surface area contributed by atoms with Gasteiger partial charge in [0.15, 0.2) is 0 Å². The van der Waals surface area contributed by atoms with Crippen LogP contribution < -0.4 is 10.5 Å². The normalized spacial score (nSPS) is 12.6. The summed E-state index contributed by atoms with van der Waals surface area (Å²) in [6.45, 7) is 0.234. The molecule has 84 valence electrons. The fourth-order valence-electron chi connectivity index (χ4n) is 1.40. The molecular weight excluding hydrogens is 204 g/mol. The summed E-state index contributed by atoms with van der Waals surface area (Å²) in [6.07, 6.45) is 1.75. The highest BCUT2D eigenvalue weighted by Gasteiger charge is 2.02. The average Bonchev–Trinajstić information content (AvgIpc) is 2.35. The maximum Gasteiger partial charge on any atom is 0.120 e. The van der Waals surface area contributed by atoms with Gasteiger partial charge in [-0.1, -0.05) is 6.07 Å². The number of nitrogens with zero attached hydrogens (tertiary/aromatic N) is 1. The third-order valence-electron chi connectivity index (χ3n) is 2.27. The lowest BCUT2D eigenvalue weighted by Gasteiger charge is -2.10. The molecule has 4 nitrogen and oxygen atoms in total. The van der Waals surface area contributed by atoms with Crippen molar-refractivity contribution in [2.24, 2.45) is 5.73 Å². The third-order valence-corrected chi connectivity index (χ3v) is 2.27. The Morgan fingerprint density at radius 1 is 1.38 bits per heavy atom. The van der Waals surface area contributed by atoms with Crippen molar-refractivity contribution in [3.8, 4) is 5.75 Å². The molecule has 16 heavy (non-hydrogen) atoms. The lowest BCUT2D eigenvalue weighted by atomic mass is 10.2. The number of fused-ring (bicyclic) bond motifs is 1. The van der Waals surface area contributed by atoms with Crippen LogP contribution in [0.1, 0.15) is 0 Å². The molecular formula is C12H14N2O2. The smallest absolute Gasteiger partial charge is 0.120 e. The predicted octanol–water partition coefficient (Wildman–Crippen LogP) is 0.933. The molecule has 2 rings (SSSR count). The van der Waals surface area contributed by atoms with Gasteiger partial charge in [0.2, 0.25) is 0 Å². The van der Waals surface area contributed by atoms with Crippen LogP contribution in [-0.4, -0.2) is 29.3 Å². The van der Waals surface area contributed by atoms with Crippen LogP contribution in [0, 0.1) is 0 Å². The largest absolute Gasteiger partial charge is 0.492 e. The fourth-order valence-corrected chi connectivity index (χ4v) is 1.40. The van der Waals surface area contributed by atoms with Crippen LogP contribution in [-0.2, 0) is 0 Å². The second kappa shape index (κ2) is 4.92. The lowest BCUT2D eigenvalue weighted by Crippen LogP contribution is -2.31. The van der Waals surface area contributed by atoms with Gasteiger partial charge < -0.3 is 15.6 Å². The van der Waals surface area contributed by atoms with Gasteiger partial charge in [-0.2, -0.15) is 0 Å². The number of hydrogen-bond acceptors (Lipinski definition) is 4. The number of hydrogen-bond donors (Lipinski definition) is 2. The molecule has 0 fully saturated rings.